The van der Waals surface area contributed by atoms with E-state index in [0.29, 0.717) is 0 Å². The molecule has 1 aliphatic rings. The lowest BCUT2D eigenvalue weighted by molar-refractivity contribution is 0.0883. The van der Waals surface area contributed by atoms with Crippen molar-refractivity contribution in [3.8, 4) is 0 Å². The van der Waals surface area contributed by atoms with Crippen LogP contribution in [0, 0.1) is 12.8 Å². The van der Waals surface area contributed by atoms with Gasteiger partial charge in [0.25, 0.3) is 0 Å². The monoisotopic (exact) mass is 281 g/mol. The van der Waals surface area contributed by atoms with Crippen LogP contribution < -0.4 is 0 Å². The summed E-state index contributed by atoms with van der Waals surface area (Å²) in [6, 6.07) is 7.93. The summed E-state index contributed by atoms with van der Waals surface area (Å²) >= 11 is 0. The van der Waals surface area contributed by atoms with Crippen LogP contribution in [-0.4, -0.2) is 30.3 Å². The van der Waals surface area contributed by atoms with Gasteiger partial charge in [-0.15, -0.1) is 12.4 Å². The van der Waals surface area contributed by atoms with Crippen molar-refractivity contribution in [1.29, 1.82) is 0 Å². The number of benzene rings is 1. The number of Topliss-reactive ketones (excluding diaryl/α,β-unsaturated/α-hetero) is 1. The fraction of sp³-hybridized carbons (Fsp3) is 0.562. The number of nitrogens with zero attached hydrogens (tertiary/aromatic N) is 1. The number of hydrogen-bond donors (Lipinski definition) is 0. The van der Waals surface area contributed by atoms with Gasteiger partial charge in [0.15, 0.2) is 5.78 Å². The number of carbonyl (C=O) groups is 1. The van der Waals surface area contributed by atoms with Crippen LogP contribution in [0.3, 0.4) is 0 Å². The molecule has 19 heavy (non-hydrogen) atoms. The molecule has 1 heterocycles. The number of ketones is 1. The first-order valence-electron chi connectivity index (χ1n) is 7.00. The molecule has 0 N–H and O–H groups in total. The largest absolute Gasteiger partial charge is 0.303 e. The zero-order valence-corrected chi connectivity index (χ0v) is 12.7. The Morgan fingerprint density at radius 1 is 1.16 bits per heavy atom. The van der Waals surface area contributed by atoms with E-state index in [-0.39, 0.29) is 24.1 Å². The molecular weight excluding hydrogens is 258 g/mol. The topological polar surface area (TPSA) is 20.3 Å². The van der Waals surface area contributed by atoms with Crippen molar-refractivity contribution in [2.24, 2.45) is 5.92 Å². The smallest absolute Gasteiger partial charge is 0.166 e. The molecule has 0 aliphatic carbocycles. The zero-order valence-electron chi connectivity index (χ0n) is 11.9. The van der Waals surface area contributed by atoms with E-state index in [0.717, 1.165) is 25.2 Å². The van der Waals surface area contributed by atoms with Crippen molar-refractivity contribution in [2.45, 2.75) is 33.1 Å². The van der Waals surface area contributed by atoms with E-state index in [1.54, 1.807) is 0 Å². The highest BCUT2D eigenvalue weighted by Gasteiger charge is 2.19. The summed E-state index contributed by atoms with van der Waals surface area (Å²) in [6.45, 7) is 7.33. The third kappa shape index (κ3) is 4.63. The summed E-state index contributed by atoms with van der Waals surface area (Å²) < 4.78 is 0. The minimum absolute atomic E-state index is 0. The van der Waals surface area contributed by atoms with Gasteiger partial charge in [-0.25, -0.2) is 0 Å². The van der Waals surface area contributed by atoms with Gasteiger partial charge in [0.1, 0.15) is 0 Å². The number of likely N-dealkylation sites (tertiary alicyclic amines) is 1. The van der Waals surface area contributed by atoms with Crippen LogP contribution in [0.2, 0.25) is 0 Å². The molecule has 0 aromatic heterocycles. The molecule has 106 valence electrons. The summed E-state index contributed by atoms with van der Waals surface area (Å²) in [5.41, 5.74) is 2.06. The average molecular weight is 282 g/mol. The van der Waals surface area contributed by atoms with Gasteiger partial charge in [0, 0.05) is 18.0 Å². The summed E-state index contributed by atoms with van der Waals surface area (Å²) in [7, 11) is 0. The molecule has 1 aromatic carbocycles. The summed E-state index contributed by atoms with van der Waals surface area (Å²) in [5, 5.41) is 0. The zero-order chi connectivity index (χ0) is 13.0. The first-order valence-corrected chi connectivity index (χ1v) is 7.00. The number of rotatable bonds is 4. The Labute approximate surface area is 122 Å². The lowest BCUT2D eigenvalue weighted by atomic mass is 9.97. The Kier molecular flexibility index (Phi) is 6.53. The maximum Gasteiger partial charge on any atom is 0.166 e. The van der Waals surface area contributed by atoms with E-state index in [2.05, 4.69) is 11.8 Å². The quantitative estimate of drug-likeness (QED) is 0.784. The SMILES string of the molecule is Cc1ccc(C(=O)[C@@H](C)CN2CCCCC2)cc1.Cl. The van der Waals surface area contributed by atoms with Crippen molar-refractivity contribution < 1.29 is 4.79 Å². The lowest BCUT2D eigenvalue weighted by Gasteiger charge is -2.28. The molecule has 0 radical (unpaired) electrons. The van der Waals surface area contributed by atoms with Crippen LogP contribution in [0.4, 0.5) is 0 Å². The van der Waals surface area contributed by atoms with Crippen LogP contribution in [0.25, 0.3) is 0 Å². The first kappa shape index (κ1) is 16.2. The highest BCUT2D eigenvalue weighted by molar-refractivity contribution is 5.97. The number of halogens is 1. The minimum Gasteiger partial charge on any atom is -0.303 e. The normalized spacial score (nSPS) is 17.6. The number of piperidine rings is 1. The number of aryl methyl sites for hydroxylation is 1. The third-order valence-corrected chi connectivity index (χ3v) is 3.76. The van der Waals surface area contributed by atoms with Crippen LogP contribution in [0.1, 0.15) is 42.1 Å². The summed E-state index contributed by atoms with van der Waals surface area (Å²) in [5.74, 6) is 0.381. The molecule has 0 saturated carbocycles. The van der Waals surface area contributed by atoms with Crippen LogP contribution in [0.5, 0.6) is 0 Å². The molecule has 2 rings (SSSR count). The molecule has 1 atom stereocenters. The van der Waals surface area contributed by atoms with Crippen LogP contribution >= 0.6 is 12.4 Å². The third-order valence-electron chi connectivity index (χ3n) is 3.76. The maximum absolute atomic E-state index is 12.3. The van der Waals surface area contributed by atoms with E-state index >= 15 is 0 Å². The van der Waals surface area contributed by atoms with Crippen molar-refractivity contribution in [3.63, 3.8) is 0 Å². The van der Waals surface area contributed by atoms with E-state index < -0.39 is 0 Å². The fourth-order valence-corrected chi connectivity index (χ4v) is 2.61. The minimum atomic E-state index is 0. The van der Waals surface area contributed by atoms with Crippen molar-refractivity contribution in [3.05, 3.63) is 35.4 Å². The molecule has 2 nitrogen and oxygen atoms in total. The molecule has 1 aromatic rings. The maximum atomic E-state index is 12.3. The Morgan fingerprint density at radius 3 is 2.32 bits per heavy atom. The van der Waals surface area contributed by atoms with E-state index in [1.807, 2.05) is 31.2 Å². The van der Waals surface area contributed by atoms with Gasteiger partial charge < -0.3 is 4.90 Å². The fourth-order valence-electron chi connectivity index (χ4n) is 2.61. The van der Waals surface area contributed by atoms with E-state index in [1.165, 1.54) is 24.8 Å². The van der Waals surface area contributed by atoms with Gasteiger partial charge in [-0.1, -0.05) is 43.2 Å². The Balaban J connectivity index is 0.00000180. The predicted octanol–water partition coefficient (Wildman–Crippen LogP) is 3.72. The van der Waals surface area contributed by atoms with Crippen LogP contribution in [0.15, 0.2) is 24.3 Å². The Hall–Kier alpha value is -0.860. The summed E-state index contributed by atoms with van der Waals surface area (Å²) in [6.07, 6.45) is 3.91. The highest BCUT2D eigenvalue weighted by atomic mass is 35.5. The second-order valence-electron chi connectivity index (χ2n) is 5.49. The second-order valence-corrected chi connectivity index (χ2v) is 5.49. The van der Waals surface area contributed by atoms with Gasteiger partial charge in [0.05, 0.1) is 0 Å². The predicted molar refractivity (Wildman–Crippen MR) is 82.2 cm³/mol. The van der Waals surface area contributed by atoms with Crippen molar-refractivity contribution >= 4 is 18.2 Å². The van der Waals surface area contributed by atoms with Gasteiger partial charge in [-0.2, -0.15) is 0 Å². The number of carbonyl (C=O) groups excluding carboxylic acids is 1. The Morgan fingerprint density at radius 2 is 1.74 bits per heavy atom. The number of hydrogen-bond acceptors (Lipinski definition) is 2. The Bertz CT molecular complexity index is 396. The van der Waals surface area contributed by atoms with E-state index in [4.69, 9.17) is 0 Å². The first-order chi connectivity index (χ1) is 8.66. The molecule has 0 unspecified atom stereocenters. The lowest BCUT2D eigenvalue weighted by Crippen LogP contribution is -2.35. The molecule has 0 spiro atoms. The van der Waals surface area contributed by atoms with Gasteiger partial charge >= 0.3 is 0 Å². The summed E-state index contributed by atoms with van der Waals surface area (Å²) in [4.78, 5) is 14.7. The molecule has 0 bridgehead atoms. The molecule has 1 saturated heterocycles. The molecular formula is C16H24ClNO. The van der Waals surface area contributed by atoms with Gasteiger partial charge in [0.2, 0.25) is 0 Å². The van der Waals surface area contributed by atoms with Crippen molar-refractivity contribution in [2.75, 3.05) is 19.6 Å². The molecule has 0 amide bonds. The standard InChI is InChI=1S/C16H23NO.ClH/c1-13-6-8-15(9-7-13)16(18)14(2)12-17-10-4-3-5-11-17;/h6-9,14H,3-5,10-12H2,1-2H3;1H/t14-;/m0./s1. The van der Waals surface area contributed by atoms with Crippen molar-refractivity contribution in [1.82, 2.24) is 4.90 Å². The molecule has 1 fully saturated rings. The second kappa shape index (κ2) is 7.66. The van der Waals surface area contributed by atoms with E-state index in [9.17, 15) is 4.79 Å². The van der Waals surface area contributed by atoms with Gasteiger partial charge in [-0.3, -0.25) is 4.79 Å². The highest BCUT2D eigenvalue weighted by Crippen LogP contribution is 2.15. The average Bonchev–Trinajstić information content (AvgIpc) is 2.40. The molecule has 3 heteroatoms. The molecule has 1 aliphatic heterocycles. The van der Waals surface area contributed by atoms with Gasteiger partial charge in [-0.05, 0) is 32.9 Å². The van der Waals surface area contributed by atoms with Crippen LogP contribution in [-0.2, 0) is 0 Å².